The van der Waals surface area contributed by atoms with E-state index in [-0.39, 0.29) is 17.7 Å². The summed E-state index contributed by atoms with van der Waals surface area (Å²) in [5.74, 6) is -1.22. The summed E-state index contributed by atoms with van der Waals surface area (Å²) in [6.45, 7) is 1.09. The van der Waals surface area contributed by atoms with Gasteiger partial charge in [0.25, 0.3) is 0 Å². The Kier molecular flexibility index (Phi) is 5.80. The van der Waals surface area contributed by atoms with Crippen LogP contribution in [-0.4, -0.2) is 61.4 Å². The summed E-state index contributed by atoms with van der Waals surface area (Å²) in [6.07, 6.45) is -5.67. The minimum atomic E-state index is -4.76. The van der Waals surface area contributed by atoms with Crippen LogP contribution in [-0.2, 0) is 4.79 Å². The van der Waals surface area contributed by atoms with Crippen LogP contribution in [0.4, 0.5) is 17.6 Å². The van der Waals surface area contributed by atoms with Gasteiger partial charge in [0.05, 0.1) is 18.1 Å². The van der Waals surface area contributed by atoms with Gasteiger partial charge in [-0.15, -0.1) is 13.2 Å². The monoisotopic (exact) mass is 405 g/mol. The highest BCUT2D eigenvalue weighted by atomic mass is 19.4. The molecule has 0 spiro atoms. The van der Waals surface area contributed by atoms with Crippen molar-refractivity contribution in [1.29, 1.82) is 0 Å². The predicted octanol–water partition coefficient (Wildman–Crippen LogP) is 1.31. The number of hydrogen-bond acceptors (Lipinski definition) is 6. The zero-order chi connectivity index (χ0) is 20.6. The maximum atomic E-state index is 13.5. The van der Waals surface area contributed by atoms with Crippen molar-refractivity contribution >= 4 is 5.91 Å². The summed E-state index contributed by atoms with van der Waals surface area (Å²) in [5.41, 5.74) is 3.72. The summed E-state index contributed by atoms with van der Waals surface area (Å²) in [7, 11) is 3.58. The van der Waals surface area contributed by atoms with Crippen LogP contribution in [0.2, 0.25) is 0 Å². The van der Waals surface area contributed by atoms with Crippen molar-refractivity contribution in [2.45, 2.75) is 37.8 Å². The molecule has 2 aliphatic heterocycles. The largest absolute Gasteiger partial charge is 0.573 e. The summed E-state index contributed by atoms with van der Waals surface area (Å²) in [5, 5.41) is 7.81. The van der Waals surface area contributed by atoms with Gasteiger partial charge in [-0.3, -0.25) is 15.0 Å². The number of benzene rings is 1. The average Bonchev–Trinajstić information content (AvgIpc) is 2.99. The van der Waals surface area contributed by atoms with E-state index in [1.165, 1.54) is 24.3 Å². The van der Waals surface area contributed by atoms with Crippen molar-refractivity contribution in [2.75, 3.05) is 20.8 Å². The van der Waals surface area contributed by atoms with E-state index in [0.717, 1.165) is 0 Å². The summed E-state index contributed by atoms with van der Waals surface area (Å²) < 4.78 is 54.4. The zero-order valence-electron chi connectivity index (χ0n) is 15.6. The lowest BCUT2D eigenvalue weighted by molar-refractivity contribution is -0.274. The number of hydrogen-bond donors (Lipinski definition) is 3. The molecule has 5 atom stereocenters. The molecule has 2 heterocycles. The number of alkyl halides is 4. The highest BCUT2D eigenvalue weighted by molar-refractivity contribution is 5.81. The molecule has 7 nitrogen and oxygen atoms in total. The first-order valence-corrected chi connectivity index (χ1v) is 8.79. The van der Waals surface area contributed by atoms with Gasteiger partial charge in [0.15, 0.2) is 0 Å². The number of carbonyl (C=O) groups excluding carboxylic acids is 1. The Labute approximate surface area is 160 Å². The van der Waals surface area contributed by atoms with Gasteiger partial charge >= 0.3 is 6.36 Å². The summed E-state index contributed by atoms with van der Waals surface area (Å²) in [6, 6.07) is 4.43. The van der Waals surface area contributed by atoms with Gasteiger partial charge in [0.1, 0.15) is 18.7 Å². The van der Waals surface area contributed by atoms with Gasteiger partial charge < -0.3 is 10.1 Å². The van der Waals surface area contributed by atoms with Crippen LogP contribution in [0.1, 0.15) is 18.5 Å². The van der Waals surface area contributed by atoms with Crippen LogP contribution in [0, 0.1) is 5.92 Å². The average molecular weight is 405 g/mol. The zero-order valence-corrected chi connectivity index (χ0v) is 15.6. The normalized spacial score (nSPS) is 29.5. The molecule has 28 heavy (non-hydrogen) atoms. The van der Waals surface area contributed by atoms with Gasteiger partial charge in [-0.05, 0) is 38.7 Å². The molecule has 0 radical (unpaired) electrons. The van der Waals surface area contributed by atoms with E-state index in [9.17, 15) is 22.4 Å². The molecule has 3 rings (SSSR count). The second kappa shape index (κ2) is 7.82. The van der Waals surface area contributed by atoms with Crippen molar-refractivity contribution < 1.29 is 27.1 Å². The highest BCUT2D eigenvalue weighted by Gasteiger charge is 2.51. The summed E-state index contributed by atoms with van der Waals surface area (Å²) >= 11 is 0. The van der Waals surface area contributed by atoms with Gasteiger partial charge in [-0.2, -0.15) is 0 Å². The van der Waals surface area contributed by atoms with Crippen molar-refractivity contribution in [2.24, 2.45) is 5.92 Å². The molecular formula is C17H23F4N5O2. The lowest BCUT2D eigenvalue weighted by Gasteiger charge is -2.41. The van der Waals surface area contributed by atoms with E-state index in [1.807, 2.05) is 6.92 Å². The first-order valence-electron chi connectivity index (χ1n) is 8.79. The maximum absolute atomic E-state index is 13.5. The number of carbonyl (C=O) groups is 1. The van der Waals surface area contributed by atoms with E-state index in [2.05, 4.69) is 20.8 Å². The summed E-state index contributed by atoms with van der Waals surface area (Å²) in [4.78, 5) is 14.3. The molecule has 2 fully saturated rings. The van der Waals surface area contributed by atoms with Crippen LogP contribution >= 0.6 is 0 Å². The topological polar surface area (TPSA) is 68.9 Å². The third-order valence-corrected chi connectivity index (χ3v) is 4.99. The molecule has 3 N–H and O–H groups in total. The molecule has 0 saturated carbocycles. The van der Waals surface area contributed by atoms with E-state index in [0.29, 0.717) is 5.56 Å². The number of nitrogens with one attached hydrogen (secondary N) is 3. The second-order valence-corrected chi connectivity index (χ2v) is 7.10. The third-order valence-electron chi connectivity index (χ3n) is 4.99. The fourth-order valence-corrected chi connectivity index (χ4v) is 3.56. The lowest BCUT2D eigenvalue weighted by Crippen LogP contribution is -2.68. The SMILES string of the molecule is CC(c1ccc(OC(F)(F)F)cc1)N1NC(CF)C2C(=O)NC(N(C)C)NC21. The fraction of sp³-hybridized carbons (Fsp3) is 0.588. The Hall–Kier alpha value is -1.95. The molecular weight excluding hydrogens is 382 g/mol. The molecule has 5 unspecified atom stereocenters. The number of halogens is 4. The highest BCUT2D eigenvalue weighted by Crippen LogP contribution is 2.33. The van der Waals surface area contributed by atoms with Crippen LogP contribution < -0.4 is 20.8 Å². The molecule has 1 amide bonds. The number of ether oxygens (including phenoxy) is 1. The minimum Gasteiger partial charge on any atom is -0.406 e. The van der Waals surface area contributed by atoms with Gasteiger partial charge in [0, 0.05) is 6.04 Å². The number of rotatable bonds is 5. The standard InChI is InChI=1S/C17H23F4N5O2/c1-9(10-4-6-11(7-5-10)28-17(19,20)21)26-14-13(12(8-18)24-26)15(27)23-16(22-14)25(2)3/h4-7,9,12-14,16,22,24H,8H2,1-3H3,(H,23,27). The van der Waals surface area contributed by atoms with E-state index in [1.54, 1.807) is 24.0 Å². The van der Waals surface area contributed by atoms with E-state index in [4.69, 9.17) is 0 Å². The molecule has 0 aromatic heterocycles. The van der Waals surface area contributed by atoms with Crippen LogP contribution in [0.25, 0.3) is 0 Å². The second-order valence-electron chi connectivity index (χ2n) is 7.10. The molecule has 11 heteroatoms. The van der Waals surface area contributed by atoms with Crippen LogP contribution in [0.15, 0.2) is 24.3 Å². The van der Waals surface area contributed by atoms with E-state index < -0.39 is 37.5 Å². The maximum Gasteiger partial charge on any atom is 0.573 e. The Balaban J connectivity index is 1.80. The number of amides is 1. The Morgan fingerprint density at radius 1 is 1.25 bits per heavy atom. The molecule has 1 aromatic rings. The fourth-order valence-electron chi connectivity index (χ4n) is 3.56. The van der Waals surface area contributed by atoms with Crippen LogP contribution in [0.3, 0.4) is 0 Å². The third kappa shape index (κ3) is 4.22. The lowest BCUT2D eigenvalue weighted by atomic mass is 9.96. The van der Waals surface area contributed by atoms with Gasteiger partial charge in [-0.25, -0.2) is 14.8 Å². The molecule has 2 aliphatic rings. The van der Waals surface area contributed by atoms with E-state index >= 15 is 0 Å². The molecule has 1 aromatic carbocycles. The first kappa shape index (κ1) is 20.8. The van der Waals surface area contributed by atoms with Crippen molar-refractivity contribution in [1.82, 2.24) is 26.0 Å². The molecule has 156 valence electrons. The van der Waals surface area contributed by atoms with Crippen molar-refractivity contribution in [3.8, 4) is 5.75 Å². The predicted molar refractivity (Wildman–Crippen MR) is 92.3 cm³/mol. The Morgan fingerprint density at radius 3 is 2.43 bits per heavy atom. The van der Waals surface area contributed by atoms with Crippen molar-refractivity contribution in [3.63, 3.8) is 0 Å². The van der Waals surface area contributed by atoms with Crippen LogP contribution in [0.5, 0.6) is 5.75 Å². The quantitative estimate of drug-likeness (QED) is 0.642. The Bertz CT molecular complexity index is 700. The number of fused-ring (bicyclic) bond motifs is 1. The molecule has 2 saturated heterocycles. The molecule has 0 bridgehead atoms. The first-order chi connectivity index (χ1) is 13.1. The van der Waals surface area contributed by atoms with Gasteiger partial charge in [0.2, 0.25) is 5.91 Å². The molecule has 0 aliphatic carbocycles. The smallest absolute Gasteiger partial charge is 0.406 e. The number of hydrazine groups is 1. The Morgan fingerprint density at radius 2 is 1.89 bits per heavy atom. The minimum absolute atomic E-state index is 0.263. The van der Waals surface area contributed by atoms with Gasteiger partial charge in [-0.1, -0.05) is 12.1 Å². The van der Waals surface area contributed by atoms with Crippen molar-refractivity contribution in [3.05, 3.63) is 29.8 Å². The number of nitrogens with zero attached hydrogens (tertiary/aromatic N) is 2.